The second-order valence-corrected chi connectivity index (χ2v) is 5.10. The summed E-state index contributed by atoms with van der Waals surface area (Å²) in [6, 6.07) is 0.402. The summed E-state index contributed by atoms with van der Waals surface area (Å²) in [7, 11) is 0. The first-order valence-corrected chi connectivity index (χ1v) is 7.19. The van der Waals surface area contributed by atoms with Crippen molar-refractivity contribution < 1.29 is 4.74 Å². The van der Waals surface area contributed by atoms with E-state index in [1.165, 1.54) is 0 Å². The van der Waals surface area contributed by atoms with Gasteiger partial charge in [0.2, 0.25) is 0 Å². The van der Waals surface area contributed by atoms with Gasteiger partial charge in [-0.3, -0.25) is 4.98 Å². The van der Waals surface area contributed by atoms with Crippen molar-refractivity contribution in [2.75, 3.05) is 30.4 Å². The lowest BCUT2D eigenvalue weighted by Gasteiger charge is -2.28. The highest BCUT2D eigenvalue weighted by Gasteiger charge is 2.20. The lowest BCUT2D eigenvalue weighted by atomic mass is 9.93. The third-order valence-corrected chi connectivity index (χ3v) is 3.54. The van der Waals surface area contributed by atoms with Crippen molar-refractivity contribution in [2.45, 2.75) is 39.2 Å². The van der Waals surface area contributed by atoms with Crippen LogP contribution >= 0.6 is 0 Å². The van der Waals surface area contributed by atoms with Crippen LogP contribution < -0.4 is 10.6 Å². The molecule has 0 radical (unpaired) electrons. The Bertz CT molecular complexity index is 379. The summed E-state index contributed by atoms with van der Waals surface area (Å²) < 4.78 is 5.40. The molecule has 0 saturated carbocycles. The van der Waals surface area contributed by atoms with Gasteiger partial charge >= 0.3 is 0 Å². The van der Waals surface area contributed by atoms with E-state index >= 15 is 0 Å². The molecule has 2 heterocycles. The van der Waals surface area contributed by atoms with Gasteiger partial charge in [0.15, 0.2) is 0 Å². The molecule has 1 fully saturated rings. The van der Waals surface area contributed by atoms with Gasteiger partial charge in [-0.1, -0.05) is 6.92 Å². The molecule has 106 valence electrons. The molecule has 1 aromatic rings. The van der Waals surface area contributed by atoms with Crippen molar-refractivity contribution in [2.24, 2.45) is 5.92 Å². The number of anilines is 2. The maximum absolute atomic E-state index is 5.40. The van der Waals surface area contributed by atoms with Gasteiger partial charge in [-0.2, -0.15) is 0 Å². The van der Waals surface area contributed by atoms with Crippen LogP contribution in [-0.4, -0.2) is 35.8 Å². The van der Waals surface area contributed by atoms with Crippen molar-refractivity contribution in [3.8, 4) is 0 Å². The molecule has 0 amide bonds. The Hall–Kier alpha value is -1.36. The van der Waals surface area contributed by atoms with Crippen molar-refractivity contribution >= 4 is 11.6 Å². The molecule has 1 aliphatic rings. The molecule has 1 atom stereocenters. The Morgan fingerprint density at radius 1 is 1.32 bits per heavy atom. The van der Waals surface area contributed by atoms with E-state index in [4.69, 9.17) is 4.74 Å². The Balaban J connectivity index is 1.90. The minimum atomic E-state index is 0.402. The van der Waals surface area contributed by atoms with Crippen LogP contribution in [0.4, 0.5) is 11.6 Å². The number of nitrogens with zero attached hydrogens (tertiary/aromatic N) is 2. The smallest absolute Gasteiger partial charge is 0.147 e. The number of nitrogens with one attached hydrogen (secondary N) is 2. The van der Waals surface area contributed by atoms with Crippen LogP contribution in [0.3, 0.4) is 0 Å². The van der Waals surface area contributed by atoms with Gasteiger partial charge in [0, 0.05) is 25.8 Å². The fourth-order valence-corrected chi connectivity index (χ4v) is 2.34. The van der Waals surface area contributed by atoms with E-state index in [0.29, 0.717) is 12.0 Å². The van der Waals surface area contributed by atoms with E-state index in [1.54, 1.807) is 12.4 Å². The SMILES string of the molecule is CCCNc1cncc(NC(C)C2CCOCC2)n1. The van der Waals surface area contributed by atoms with Gasteiger partial charge in [0.25, 0.3) is 0 Å². The highest BCUT2D eigenvalue weighted by atomic mass is 16.5. The summed E-state index contributed by atoms with van der Waals surface area (Å²) in [6.07, 6.45) is 6.87. The van der Waals surface area contributed by atoms with Crippen molar-refractivity contribution in [3.05, 3.63) is 12.4 Å². The average Bonchev–Trinajstić information content (AvgIpc) is 2.46. The number of hydrogen-bond acceptors (Lipinski definition) is 5. The van der Waals surface area contributed by atoms with Crippen LogP contribution in [0.5, 0.6) is 0 Å². The molecule has 2 rings (SSSR count). The number of ether oxygens (including phenoxy) is 1. The maximum atomic E-state index is 5.40. The quantitative estimate of drug-likeness (QED) is 0.827. The molecule has 2 N–H and O–H groups in total. The lowest BCUT2D eigenvalue weighted by molar-refractivity contribution is 0.0622. The zero-order chi connectivity index (χ0) is 13.5. The Morgan fingerprint density at radius 3 is 2.79 bits per heavy atom. The Morgan fingerprint density at radius 2 is 2.05 bits per heavy atom. The van der Waals surface area contributed by atoms with Crippen LogP contribution in [0.2, 0.25) is 0 Å². The maximum Gasteiger partial charge on any atom is 0.147 e. The Kier molecular flexibility index (Phi) is 5.39. The molecule has 1 unspecified atom stereocenters. The highest BCUT2D eigenvalue weighted by molar-refractivity contribution is 5.42. The fourth-order valence-electron chi connectivity index (χ4n) is 2.34. The summed E-state index contributed by atoms with van der Waals surface area (Å²) in [4.78, 5) is 8.75. The van der Waals surface area contributed by atoms with Gasteiger partial charge in [0.1, 0.15) is 11.6 Å². The van der Waals surface area contributed by atoms with Crippen molar-refractivity contribution in [1.82, 2.24) is 9.97 Å². The monoisotopic (exact) mass is 264 g/mol. The number of rotatable bonds is 6. The highest BCUT2D eigenvalue weighted by Crippen LogP contribution is 2.21. The summed E-state index contributed by atoms with van der Waals surface area (Å²) in [6.45, 7) is 7.02. The fraction of sp³-hybridized carbons (Fsp3) is 0.714. The molecule has 1 aliphatic heterocycles. The molecular formula is C14H24N4O. The van der Waals surface area contributed by atoms with E-state index in [1.807, 2.05) is 0 Å². The molecule has 0 bridgehead atoms. The molecule has 5 heteroatoms. The van der Waals surface area contributed by atoms with E-state index in [0.717, 1.165) is 50.7 Å². The molecule has 0 spiro atoms. The van der Waals surface area contributed by atoms with E-state index in [-0.39, 0.29) is 0 Å². The molecule has 0 aliphatic carbocycles. The van der Waals surface area contributed by atoms with Gasteiger partial charge < -0.3 is 15.4 Å². The first-order valence-electron chi connectivity index (χ1n) is 7.19. The molecule has 0 aromatic carbocycles. The van der Waals surface area contributed by atoms with Crippen LogP contribution in [0.1, 0.15) is 33.1 Å². The zero-order valence-corrected chi connectivity index (χ0v) is 11.9. The summed E-state index contributed by atoms with van der Waals surface area (Å²) >= 11 is 0. The molecule has 5 nitrogen and oxygen atoms in total. The molecular weight excluding hydrogens is 240 g/mol. The van der Waals surface area contributed by atoms with E-state index < -0.39 is 0 Å². The minimum Gasteiger partial charge on any atom is -0.381 e. The van der Waals surface area contributed by atoms with E-state index in [9.17, 15) is 0 Å². The normalized spacial score (nSPS) is 18.0. The van der Waals surface area contributed by atoms with Crippen LogP contribution in [0.15, 0.2) is 12.4 Å². The number of aromatic nitrogens is 2. The molecule has 19 heavy (non-hydrogen) atoms. The van der Waals surface area contributed by atoms with Gasteiger partial charge in [-0.25, -0.2) is 4.98 Å². The van der Waals surface area contributed by atoms with Crippen LogP contribution in [-0.2, 0) is 4.74 Å². The summed E-state index contributed by atoms with van der Waals surface area (Å²) in [5.41, 5.74) is 0. The molecule has 1 aromatic heterocycles. The summed E-state index contributed by atoms with van der Waals surface area (Å²) in [5, 5.41) is 6.71. The lowest BCUT2D eigenvalue weighted by Crippen LogP contribution is -2.31. The van der Waals surface area contributed by atoms with Crippen molar-refractivity contribution in [1.29, 1.82) is 0 Å². The third-order valence-electron chi connectivity index (χ3n) is 3.54. The van der Waals surface area contributed by atoms with Crippen molar-refractivity contribution in [3.63, 3.8) is 0 Å². The van der Waals surface area contributed by atoms with Gasteiger partial charge in [-0.05, 0) is 32.1 Å². The predicted octanol–water partition coefficient (Wildman–Crippen LogP) is 2.53. The minimum absolute atomic E-state index is 0.402. The topological polar surface area (TPSA) is 59.1 Å². The van der Waals surface area contributed by atoms with Gasteiger partial charge in [-0.15, -0.1) is 0 Å². The van der Waals surface area contributed by atoms with Crippen LogP contribution in [0.25, 0.3) is 0 Å². The summed E-state index contributed by atoms with van der Waals surface area (Å²) in [5.74, 6) is 2.34. The zero-order valence-electron chi connectivity index (χ0n) is 11.9. The Labute approximate surface area is 115 Å². The van der Waals surface area contributed by atoms with Gasteiger partial charge in [0.05, 0.1) is 12.4 Å². The largest absolute Gasteiger partial charge is 0.381 e. The number of hydrogen-bond donors (Lipinski definition) is 2. The first-order chi connectivity index (χ1) is 9.29. The first kappa shape index (κ1) is 14.1. The third kappa shape index (κ3) is 4.35. The average molecular weight is 264 g/mol. The standard InChI is InChI=1S/C14H24N4O/c1-3-6-16-13-9-15-10-14(18-13)17-11(2)12-4-7-19-8-5-12/h9-12H,3-8H2,1-2H3,(H2,16,17,18). The molecule has 1 saturated heterocycles. The second-order valence-electron chi connectivity index (χ2n) is 5.10. The van der Waals surface area contributed by atoms with Crippen LogP contribution in [0, 0.1) is 5.92 Å². The predicted molar refractivity (Wildman–Crippen MR) is 77.4 cm³/mol. The van der Waals surface area contributed by atoms with E-state index in [2.05, 4.69) is 34.4 Å². The second kappa shape index (κ2) is 7.28.